The molecule has 0 radical (unpaired) electrons. The number of aromatic nitrogens is 1. The highest BCUT2D eigenvalue weighted by atomic mass is 32.2. The van der Waals surface area contributed by atoms with E-state index in [9.17, 15) is 14.0 Å². The highest BCUT2D eigenvalue weighted by Gasteiger charge is 2.22. The lowest BCUT2D eigenvalue weighted by Gasteiger charge is -2.08. The van der Waals surface area contributed by atoms with Crippen LogP contribution in [0.1, 0.15) is 20.7 Å². The number of carbonyl (C=O) groups is 2. The molecule has 2 N–H and O–H groups in total. The first-order valence-corrected chi connectivity index (χ1v) is 11.0. The lowest BCUT2D eigenvalue weighted by molar-refractivity contribution is 0.101. The number of nitrogens with zero attached hydrogens (tertiary/aromatic N) is 1. The van der Waals surface area contributed by atoms with Crippen LogP contribution in [-0.4, -0.2) is 16.8 Å². The van der Waals surface area contributed by atoms with E-state index in [-0.39, 0.29) is 11.5 Å². The molecule has 0 spiro atoms. The molecular weight excluding hydrogens is 433 g/mol. The van der Waals surface area contributed by atoms with E-state index in [0.717, 1.165) is 15.3 Å². The smallest absolute Gasteiger partial charge is 0.257 e. The number of thiazole rings is 1. The van der Waals surface area contributed by atoms with Crippen molar-refractivity contribution < 1.29 is 14.0 Å². The van der Waals surface area contributed by atoms with Gasteiger partial charge in [-0.3, -0.25) is 14.9 Å². The topological polar surface area (TPSA) is 71.1 Å². The molecule has 5 rings (SSSR count). The molecule has 1 aliphatic heterocycles. The number of nitrogens with one attached hydrogen (secondary N) is 2. The standard InChI is InChI=1S/C23H14FN3O2S2/c24-15-7-9-18-16(11-15)22(29)26-17-10-14(6-8-19(17)30-18)21(28)27-23-25-12-20(31-23)13-4-2-1-3-5-13/h1-12H,(H,26,29)(H,25,27,28). The molecule has 2 heterocycles. The molecule has 2 amide bonds. The van der Waals surface area contributed by atoms with Gasteiger partial charge in [0.15, 0.2) is 5.13 Å². The van der Waals surface area contributed by atoms with Gasteiger partial charge in [-0.1, -0.05) is 53.4 Å². The van der Waals surface area contributed by atoms with Crippen molar-refractivity contribution in [1.29, 1.82) is 0 Å². The van der Waals surface area contributed by atoms with Crippen LogP contribution < -0.4 is 10.6 Å². The molecule has 1 aliphatic rings. The first-order chi connectivity index (χ1) is 15.1. The van der Waals surface area contributed by atoms with Gasteiger partial charge in [0.1, 0.15) is 5.82 Å². The SMILES string of the molecule is O=C(Nc1ncc(-c2ccccc2)s1)c1ccc2c(c1)NC(=O)c1cc(F)ccc1S2. The van der Waals surface area contributed by atoms with Crippen LogP contribution in [0.2, 0.25) is 0 Å². The van der Waals surface area contributed by atoms with Crippen LogP contribution in [0.25, 0.3) is 10.4 Å². The van der Waals surface area contributed by atoms with E-state index in [1.807, 2.05) is 30.3 Å². The quantitative estimate of drug-likeness (QED) is 0.409. The summed E-state index contributed by atoms with van der Waals surface area (Å²) in [6.07, 6.45) is 1.72. The Kier molecular flexibility index (Phi) is 5.01. The summed E-state index contributed by atoms with van der Waals surface area (Å²) >= 11 is 2.73. The van der Waals surface area contributed by atoms with Gasteiger partial charge in [0.2, 0.25) is 0 Å². The molecule has 152 valence electrons. The maximum Gasteiger partial charge on any atom is 0.257 e. The number of benzene rings is 3. The predicted octanol–water partition coefficient (Wildman–Crippen LogP) is 5.92. The van der Waals surface area contributed by atoms with E-state index in [1.165, 1.54) is 35.2 Å². The summed E-state index contributed by atoms with van der Waals surface area (Å²) in [5.41, 5.74) is 2.18. The summed E-state index contributed by atoms with van der Waals surface area (Å²) in [6, 6.07) is 19.0. The van der Waals surface area contributed by atoms with Crippen molar-refractivity contribution in [1.82, 2.24) is 4.98 Å². The Morgan fingerprint density at radius 2 is 1.81 bits per heavy atom. The lowest BCUT2D eigenvalue weighted by Crippen LogP contribution is -2.14. The summed E-state index contributed by atoms with van der Waals surface area (Å²) in [4.78, 5) is 32.0. The van der Waals surface area contributed by atoms with Crippen molar-refractivity contribution in [3.05, 3.63) is 89.9 Å². The molecule has 0 atom stereocenters. The Bertz CT molecular complexity index is 1320. The second kappa shape index (κ2) is 7.98. The lowest BCUT2D eigenvalue weighted by atomic mass is 10.1. The third-order valence-corrected chi connectivity index (χ3v) is 6.79. The van der Waals surface area contributed by atoms with Gasteiger partial charge < -0.3 is 5.32 Å². The molecule has 0 fully saturated rings. The van der Waals surface area contributed by atoms with Crippen molar-refractivity contribution in [3.63, 3.8) is 0 Å². The zero-order valence-electron chi connectivity index (χ0n) is 15.9. The van der Waals surface area contributed by atoms with Crippen LogP contribution >= 0.6 is 23.1 Å². The zero-order chi connectivity index (χ0) is 21.4. The Morgan fingerprint density at radius 1 is 1.00 bits per heavy atom. The molecule has 8 heteroatoms. The number of hydrogen-bond donors (Lipinski definition) is 2. The Morgan fingerprint density at radius 3 is 2.65 bits per heavy atom. The molecule has 4 aromatic rings. The highest BCUT2D eigenvalue weighted by molar-refractivity contribution is 7.99. The molecule has 5 nitrogen and oxygen atoms in total. The summed E-state index contributed by atoms with van der Waals surface area (Å²) in [7, 11) is 0. The Hall–Kier alpha value is -3.49. The van der Waals surface area contributed by atoms with E-state index in [4.69, 9.17) is 0 Å². The van der Waals surface area contributed by atoms with E-state index in [2.05, 4.69) is 15.6 Å². The molecule has 3 aromatic carbocycles. The van der Waals surface area contributed by atoms with E-state index >= 15 is 0 Å². The molecular formula is C23H14FN3O2S2. The number of hydrogen-bond acceptors (Lipinski definition) is 5. The minimum atomic E-state index is -0.473. The summed E-state index contributed by atoms with van der Waals surface area (Å²) in [6.45, 7) is 0. The van der Waals surface area contributed by atoms with Crippen molar-refractivity contribution in [2.24, 2.45) is 0 Å². The fourth-order valence-electron chi connectivity index (χ4n) is 3.17. The first kappa shape index (κ1) is 19.5. The Balaban J connectivity index is 1.37. The summed E-state index contributed by atoms with van der Waals surface area (Å²) in [5.74, 6) is -1.21. The van der Waals surface area contributed by atoms with Gasteiger partial charge in [-0.2, -0.15) is 0 Å². The van der Waals surface area contributed by atoms with Gasteiger partial charge in [-0.25, -0.2) is 9.37 Å². The van der Waals surface area contributed by atoms with Crippen LogP contribution in [0.3, 0.4) is 0 Å². The van der Waals surface area contributed by atoms with Crippen molar-refractivity contribution in [3.8, 4) is 10.4 Å². The van der Waals surface area contributed by atoms with Gasteiger partial charge in [0, 0.05) is 21.6 Å². The van der Waals surface area contributed by atoms with Gasteiger partial charge in [-0.15, -0.1) is 0 Å². The van der Waals surface area contributed by atoms with Crippen molar-refractivity contribution in [2.45, 2.75) is 9.79 Å². The highest BCUT2D eigenvalue weighted by Crippen LogP contribution is 2.39. The van der Waals surface area contributed by atoms with Crippen LogP contribution in [0.4, 0.5) is 15.2 Å². The average Bonchev–Trinajstić information content (AvgIpc) is 3.19. The van der Waals surface area contributed by atoms with Crippen molar-refractivity contribution in [2.75, 3.05) is 10.6 Å². The number of anilines is 2. The fourth-order valence-corrected chi connectivity index (χ4v) is 4.98. The minimum Gasteiger partial charge on any atom is -0.321 e. The maximum absolute atomic E-state index is 13.6. The van der Waals surface area contributed by atoms with Crippen LogP contribution in [0.5, 0.6) is 0 Å². The van der Waals surface area contributed by atoms with Gasteiger partial charge in [-0.05, 0) is 42.0 Å². The van der Waals surface area contributed by atoms with Crippen LogP contribution in [-0.2, 0) is 0 Å². The Labute approximate surface area is 185 Å². The first-order valence-electron chi connectivity index (χ1n) is 9.32. The fraction of sp³-hybridized carbons (Fsp3) is 0. The van der Waals surface area contributed by atoms with Crippen LogP contribution in [0, 0.1) is 5.82 Å². The van der Waals surface area contributed by atoms with Crippen LogP contribution in [0.15, 0.2) is 82.7 Å². The summed E-state index contributed by atoms with van der Waals surface area (Å²) in [5, 5.41) is 6.06. The van der Waals surface area contributed by atoms with Crippen molar-refractivity contribution >= 4 is 45.7 Å². The predicted molar refractivity (Wildman–Crippen MR) is 120 cm³/mol. The number of rotatable bonds is 3. The third kappa shape index (κ3) is 3.95. The number of carbonyl (C=O) groups excluding carboxylic acids is 2. The van der Waals surface area contributed by atoms with E-state index in [1.54, 1.807) is 30.5 Å². The second-order valence-corrected chi connectivity index (χ2v) is 8.87. The monoisotopic (exact) mass is 447 g/mol. The second-order valence-electron chi connectivity index (χ2n) is 6.76. The van der Waals surface area contributed by atoms with Gasteiger partial charge >= 0.3 is 0 Å². The molecule has 0 saturated carbocycles. The zero-order valence-corrected chi connectivity index (χ0v) is 17.5. The molecule has 0 aliphatic carbocycles. The van der Waals surface area contributed by atoms with E-state index < -0.39 is 11.7 Å². The van der Waals surface area contributed by atoms with Gasteiger partial charge in [0.25, 0.3) is 11.8 Å². The number of halogens is 1. The average molecular weight is 448 g/mol. The number of amides is 2. The third-order valence-electron chi connectivity index (χ3n) is 4.68. The summed E-state index contributed by atoms with van der Waals surface area (Å²) < 4.78 is 13.6. The minimum absolute atomic E-state index is 0.267. The normalized spacial score (nSPS) is 12.4. The van der Waals surface area contributed by atoms with Gasteiger partial charge in [0.05, 0.1) is 16.1 Å². The molecule has 1 aromatic heterocycles. The molecule has 0 saturated heterocycles. The molecule has 31 heavy (non-hydrogen) atoms. The number of fused-ring (bicyclic) bond motifs is 2. The molecule has 0 unspecified atom stereocenters. The maximum atomic E-state index is 13.6. The molecule has 0 bridgehead atoms. The van der Waals surface area contributed by atoms with E-state index in [0.29, 0.717) is 21.3 Å². The largest absolute Gasteiger partial charge is 0.321 e.